The van der Waals surface area contributed by atoms with Crippen molar-refractivity contribution in [3.8, 4) is 5.75 Å². The van der Waals surface area contributed by atoms with Crippen LogP contribution in [0.15, 0.2) is 18.3 Å². The van der Waals surface area contributed by atoms with E-state index in [-0.39, 0.29) is 34.9 Å². The molecule has 37 heavy (non-hydrogen) atoms. The van der Waals surface area contributed by atoms with E-state index in [1.165, 1.54) is 19.1 Å². The summed E-state index contributed by atoms with van der Waals surface area (Å²) < 4.78 is 80.3. The summed E-state index contributed by atoms with van der Waals surface area (Å²) >= 11 is 0. The maximum absolute atomic E-state index is 14.8. The van der Waals surface area contributed by atoms with Gasteiger partial charge in [0.15, 0.2) is 5.82 Å². The van der Waals surface area contributed by atoms with E-state index in [0.717, 1.165) is 37.1 Å². The Labute approximate surface area is 208 Å². The van der Waals surface area contributed by atoms with Gasteiger partial charge in [0.05, 0.1) is 43.8 Å². The van der Waals surface area contributed by atoms with Gasteiger partial charge in [0.25, 0.3) is 5.91 Å². The third-order valence-electron chi connectivity index (χ3n) is 6.43. The SMILES string of the molecule is COC(=O)c1cc(OC)c(Nc2ncc3c(n2)N(C2CCCC2)CC(F)(F)C(=O)N3C)cc1C(F)(F)F. The molecular weight excluding hydrogens is 505 g/mol. The van der Waals surface area contributed by atoms with Crippen LogP contribution in [-0.2, 0) is 15.7 Å². The van der Waals surface area contributed by atoms with Crippen LogP contribution in [0, 0.1) is 0 Å². The molecule has 0 atom stereocenters. The van der Waals surface area contributed by atoms with E-state index < -0.39 is 41.6 Å². The highest BCUT2D eigenvalue weighted by atomic mass is 19.4. The van der Waals surface area contributed by atoms with Crippen molar-refractivity contribution in [2.45, 2.75) is 43.8 Å². The Morgan fingerprint density at radius 3 is 2.46 bits per heavy atom. The first-order valence-electron chi connectivity index (χ1n) is 11.3. The summed E-state index contributed by atoms with van der Waals surface area (Å²) in [5.41, 5.74) is -2.22. The maximum atomic E-state index is 14.8. The summed E-state index contributed by atoms with van der Waals surface area (Å²) in [4.78, 5) is 34.9. The molecule has 1 aromatic carbocycles. The second-order valence-corrected chi connectivity index (χ2v) is 8.75. The number of carbonyl (C=O) groups is 2. The zero-order valence-electron chi connectivity index (χ0n) is 20.2. The van der Waals surface area contributed by atoms with Crippen LogP contribution in [0.2, 0.25) is 0 Å². The standard InChI is InChI=1S/C23H24F5N5O4/c1-32-16-10-29-21(31-18(16)33(12-6-4-5-7-12)11-22(24,25)20(32)35)30-15-9-14(23(26,27)28)13(19(34)37-3)8-17(15)36-2/h8-10,12H,4-7,11H2,1-3H3,(H,29,30,31). The number of ether oxygens (including phenoxy) is 2. The molecule has 0 spiro atoms. The lowest BCUT2D eigenvalue weighted by Crippen LogP contribution is -2.48. The first kappa shape index (κ1) is 26.4. The first-order chi connectivity index (χ1) is 17.4. The number of amides is 1. The molecule has 0 unspecified atom stereocenters. The van der Waals surface area contributed by atoms with Gasteiger partial charge < -0.3 is 24.6 Å². The summed E-state index contributed by atoms with van der Waals surface area (Å²) in [7, 11) is 3.33. The number of nitrogens with zero attached hydrogens (tertiary/aromatic N) is 4. The number of hydrogen-bond donors (Lipinski definition) is 1. The van der Waals surface area contributed by atoms with Gasteiger partial charge in [-0.25, -0.2) is 9.78 Å². The molecule has 0 radical (unpaired) electrons. The largest absolute Gasteiger partial charge is 0.495 e. The van der Waals surface area contributed by atoms with Crippen LogP contribution in [0.5, 0.6) is 5.75 Å². The topological polar surface area (TPSA) is 96.9 Å². The fourth-order valence-corrected chi connectivity index (χ4v) is 4.58. The molecule has 1 aliphatic carbocycles. The highest BCUT2D eigenvalue weighted by molar-refractivity contribution is 6.02. The van der Waals surface area contributed by atoms with E-state index in [2.05, 4.69) is 20.0 Å². The van der Waals surface area contributed by atoms with Gasteiger partial charge in [0, 0.05) is 13.1 Å². The number of aromatic nitrogens is 2. The minimum absolute atomic E-state index is 0.0450. The summed E-state index contributed by atoms with van der Waals surface area (Å²) in [6.45, 7) is -0.889. The monoisotopic (exact) mass is 529 g/mol. The molecule has 200 valence electrons. The third kappa shape index (κ3) is 4.96. The van der Waals surface area contributed by atoms with E-state index in [9.17, 15) is 31.5 Å². The Balaban J connectivity index is 1.80. The molecule has 14 heteroatoms. The number of esters is 1. The number of nitrogens with one attached hydrogen (secondary N) is 1. The molecular formula is C23H24F5N5O4. The van der Waals surface area contributed by atoms with Crippen LogP contribution in [-0.4, -0.2) is 61.6 Å². The Bertz CT molecular complexity index is 1220. The average Bonchev–Trinajstić information content (AvgIpc) is 3.37. The quantitative estimate of drug-likeness (QED) is 0.450. The van der Waals surface area contributed by atoms with Crippen LogP contribution >= 0.6 is 0 Å². The molecule has 1 aromatic heterocycles. The molecule has 2 aliphatic rings. The van der Waals surface area contributed by atoms with Crippen LogP contribution < -0.4 is 19.9 Å². The van der Waals surface area contributed by atoms with E-state index in [0.29, 0.717) is 18.9 Å². The number of carbonyl (C=O) groups excluding carboxylic acids is 2. The fourth-order valence-electron chi connectivity index (χ4n) is 4.58. The highest BCUT2D eigenvalue weighted by Crippen LogP contribution is 2.42. The van der Waals surface area contributed by atoms with Crippen LogP contribution in [0.25, 0.3) is 0 Å². The Morgan fingerprint density at radius 2 is 1.86 bits per heavy atom. The zero-order valence-corrected chi connectivity index (χ0v) is 20.2. The second-order valence-electron chi connectivity index (χ2n) is 8.75. The highest BCUT2D eigenvalue weighted by Gasteiger charge is 2.49. The van der Waals surface area contributed by atoms with Crippen molar-refractivity contribution in [1.29, 1.82) is 0 Å². The van der Waals surface area contributed by atoms with Gasteiger partial charge in [-0.15, -0.1) is 0 Å². The Morgan fingerprint density at radius 1 is 1.19 bits per heavy atom. The third-order valence-corrected chi connectivity index (χ3v) is 6.43. The van der Waals surface area contributed by atoms with Crippen molar-refractivity contribution in [3.05, 3.63) is 29.5 Å². The van der Waals surface area contributed by atoms with Gasteiger partial charge in [0.2, 0.25) is 5.95 Å². The van der Waals surface area contributed by atoms with Crippen molar-refractivity contribution in [1.82, 2.24) is 9.97 Å². The average molecular weight is 529 g/mol. The molecule has 1 fully saturated rings. The van der Waals surface area contributed by atoms with Crippen LogP contribution in [0.4, 0.5) is 45.1 Å². The van der Waals surface area contributed by atoms with E-state index >= 15 is 0 Å². The molecule has 0 bridgehead atoms. The van der Waals surface area contributed by atoms with E-state index in [4.69, 9.17) is 4.74 Å². The van der Waals surface area contributed by atoms with Gasteiger partial charge >= 0.3 is 18.1 Å². The van der Waals surface area contributed by atoms with Gasteiger partial charge in [-0.05, 0) is 25.0 Å². The summed E-state index contributed by atoms with van der Waals surface area (Å²) in [5, 5.41) is 2.63. The van der Waals surface area contributed by atoms with Crippen molar-refractivity contribution >= 4 is 35.0 Å². The van der Waals surface area contributed by atoms with Crippen molar-refractivity contribution < 1.29 is 41.0 Å². The molecule has 1 N–H and O–H groups in total. The fraction of sp³-hybridized carbons (Fsp3) is 0.478. The number of fused-ring (bicyclic) bond motifs is 1. The molecule has 1 aliphatic heterocycles. The molecule has 4 rings (SSSR count). The summed E-state index contributed by atoms with van der Waals surface area (Å²) in [6, 6.07) is 1.23. The zero-order chi connectivity index (χ0) is 27.1. The Kier molecular flexibility index (Phi) is 6.86. The minimum Gasteiger partial charge on any atom is -0.495 e. The van der Waals surface area contributed by atoms with Crippen molar-refractivity contribution in [2.24, 2.45) is 0 Å². The number of benzene rings is 1. The summed E-state index contributed by atoms with van der Waals surface area (Å²) in [6.07, 6.45) is -0.853. The number of rotatable bonds is 5. The molecule has 0 saturated heterocycles. The lowest BCUT2D eigenvalue weighted by atomic mass is 10.0. The molecule has 1 amide bonds. The van der Waals surface area contributed by atoms with Crippen molar-refractivity contribution in [3.63, 3.8) is 0 Å². The number of anilines is 4. The number of alkyl halides is 5. The number of hydrogen-bond acceptors (Lipinski definition) is 8. The number of methoxy groups -OCH3 is 2. The van der Waals surface area contributed by atoms with Crippen LogP contribution in [0.3, 0.4) is 0 Å². The Hall–Kier alpha value is -3.71. The van der Waals surface area contributed by atoms with Gasteiger partial charge in [-0.2, -0.15) is 26.9 Å². The van der Waals surface area contributed by atoms with Gasteiger partial charge in [0.1, 0.15) is 11.4 Å². The second kappa shape index (κ2) is 9.63. The van der Waals surface area contributed by atoms with E-state index in [1.807, 2.05) is 0 Å². The van der Waals surface area contributed by atoms with Crippen LogP contribution in [0.1, 0.15) is 41.6 Å². The van der Waals surface area contributed by atoms with Gasteiger partial charge in [-0.3, -0.25) is 4.79 Å². The van der Waals surface area contributed by atoms with Gasteiger partial charge in [-0.1, -0.05) is 12.8 Å². The molecule has 1 saturated carbocycles. The predicted octanol–water partition coefficient (Wildman–Crippen LogP) is 4.39. The maximum Gasteiger partial charge on any atom is 0.417 e. The lowest BCUT2D eigenvalue weighted by molar-refractivity contribution is -0.140. The predicted molar refractivity (Wildman–Crippen MR) is 123 cm³/mol. The first-order valence-corrected chi connectivity index (χ1v) is 11.3. The minimum atomic E-state index is -4.91. The summed E-state index contributed by atoms with van der Waals surface area (Å²) in [5.74, 6) is -6.60. The van der Waals surface area contributed by atoms with Crippen molar-refractivity contribution in [2.75, 3.05) is 42.9 Å². The molecule has 2 heterocycles. The normalized spacial score (nSPS) is 17.9. The molecule has 9 nitrogen and oxygen atoms in total. The van der Waals surface area contributed by atoms with E-state index in [1.54, 1.807) is 0 Å². The molecule has 2 aromatic rings. The smallest absolute Gasteiger partial charge is 0.417 e. The lowest BCUT2D eigenvalue weighted by Gasteiger charge is -2.31. The number of halogens is 5.